The zero-order valence-electron chi connectivity index (χ0n) is 12.5. The van der Waals surface area contributed by atoms with Crippen molar-refractivity contribution in [2.75, 3.05) is 19.6 Å². The first-order valence-electron chi connectivity index (χ1n) is 7.91. The van der Waals surface area contributed by atoms with Gasteiger partial charge in [-0.1, -0.05) is 37.3 Å². The Bertz CT molecular complexity index is 491. The van der Waals surface area contributed by atoms with Gasteiger partial charge in [-0.2, -0.15) is 0 Å². The number of amides is 2. The summed E-state index contributed by atoms with van der Waals surface area (Å²) in [6.07, 6.45) is 1.65. The Balaban J connectivity index is 1.43. The number of hydrogen-bond donors (Lipinski definition) is 2. The van der Waals surface area contributed by atoms with Gasteiger partial charge in [-0.25, -0.2) is 4.79 Å². The lowest BCUT2D eigenvalue weighted by molar-refractivity contribution is 0.0435. The molecular formula is C17H24N2O2. The summed E-state index contributed by atoms with van der Waals surface area (Å²) in [5.41, 5.74) is 1.37. The number of rotatable bonds is 3. The van der Waals surface area contributed by atoms with E-state index in [0.717, 1.165) is 25.9 Å². The molecule has 1 heterocycles. The highest BCUT2D eigenvalue weighted by Gasteiger charge is 2.38. The van der Waals surface area contributed by atoms with Crippen LogP contribution in [0.5, 0.6) is 0 Å². The average molecular weight is 288 g/mol. The van der Waals surface area contributed by atoms with Crippen LogP contribution in [0.15, 0.2) is 30.3 Å². The second-order valence-corrected chi connectivity index (χ2v) is 6.48. The lowest BCUT2D eigenvalue weighted by Gasteiger charge is -2.34. The molecule has 1 saturated carbocycles. The van der Waals surface area contributed by atoms with Crippen molar-refractivity contribution in [3.05, 3.63) is 35.9 Å². The number of β-amino-alcohol motifs (C(OH)–C–C–N with tert-alkyl or cyclic N) is 1. The first kappa shape index (κ1) is 14.4. The zero-order chi connectivity index (χ0) is 14.8. The van der Waals surface area contributed by atoms with Gasteiger partial charge in [0.15, 0.2) is 0 Å². The molecule has 4 unspecified atom stereocenters. The number of nitrogens with one attached hydrogen (secondary N) is 1. The van der Waals surface area contributed by atoms with Crippen LogP contribution in [-0.2, 0) is 0 Å². The first-order chi connectivity index (χ1) is 10.1. The first-order valence-corrected chi connectivity index (χ1v) is 7.91. The molecule has 1 saturated heterocycles. The van der Waals surface area contributed by atoms with Crippen molar-refractivity contribution in [2.24, 2.45) is 11.8 Å². The summed E-state index contributed by atoms with van der Waals surface area (Å²) in [6, 6.07) is 10.5. The van der Waals surface area contributed by atoms with E-state index in [-0.39, 0.29) is 12.1 Å². The van der Waals surface area contributed by atoms with Gasteiger partial charge in [-0.3, -0.25) is 0 Å². The minimum atomic E-state index is -0.387. The van der Waals surface area contributed by atoms with Gasteiger partial charge in [0.25, 0.3) is 0 Å². The number of hydrogen-bond acceptors (Lipinski definition) is 2. The van der Waals surface area contributed by atoms with E-state index in [1.807, 2.05) is 13.0 Å². The van der Waals surface area contributed by atoms with Crippen LogP contribution in [0.25, 0.3) is 0 Å². The second kappa shape index (κ2) is 6.06. The molecule has 21 heavy (non-hydrogen) atoms. The van der Waals surface area contributed by atoms with Crippen LogP contribution < -0.4 is 5.32 Å². The third-order valence-corrected chi connectivity index (χ3v) is 4.87. The molecule has 0 spiro atoms. The van der Waals surface area contributed by atoms with Gasteiger partial charge in [0.05, 0.1) is 6.10 Å². The molecule has 0 aromatic heterocycles. The Hall–Kier alpha value is -1.55. The van der Waals surface area contributed by atoms with Gasteiger partial charge in [0.2, 0.25) is 0 Å². The summed E-state index contributed by atoms with van der Waals surface area (Å²) < 4.78 is 0. The Morgan fingerprint density at radius 1 is 1.38 bits per heavy atom. The number of benzene rings is 1. The highest BCUT2D eigenvalue weighted by molar-refractivity contribution is 5.74. The van der Waals surface area contributed by atoms with Crippen LogP contribution in [0.4, 0.5) is 4.79 Å². The fraction of sp³-hybridized carbons (Fsp3) is 0.588. The lowest BCUT2D eigenvalue weighted by Crippen LogP contribution is -2.50. The quantitative estimate of drug-likeness (QED) is 0.896. The van der Waals surface area contributed by atoms with Crippen molar-refractivity contribution in [1.29, 1.82) is 0 Å². The van der Waals surface area contributed by atoms with E-state index in [2.05, 4.69) is 29.6 Å². The maximum Gasteiger partial charge on any atom is 0.317 e. The van der Waals surface area contributed by atoms with Crippen LogP contribution >= 0.6 is 0 Å². The third kappa shape index (κ3) is 3.38. The van der Waals surface area contributed by atoms with E-state index in [9.17, 15) is 9.90 Å². The molecule has 1 aliphatic carbocycles. The summed E-state index contributed by atoms with van der Waals surface area (Å²) in [5.74, 6) is 1.45. The standard InChI is InChI=1S/C17H24N2O2/c1-12-7-8-19(11-16(12)20)17(21)18-10-14-9-15(14)13-5-3-2-4-6-13/h2-6,12,14-16,20H,7-11H2,1H3,(H,18,21). The molecule has 0 bridgehead atoms. The predicted molar refractivity (Wildman–Crippen MR) is 82.0 cm³/mol. The fourth-order valence-corrected chi connectivity index (χ4v) is 3.15. The Labute approximate surface area is 126 Å². The second-order valence-electron chi connectivity index (χ2n) is 6.48. The number of carbonyl (C=O) groups is 1. The lowest BCUT2D eigenvalue weighted by atomic mass is 9.96. The fourth-order valence-electron chi connectivity index (χ4n) is 3.15. The van der Waals surface area contributed by atoms with Crippen molar-refractivity contribution < 1.29 is 9.90 Å². The van der Waals surface area contributed by atoms with Crippen LogP contribution in [0.3, 0.4) is 0 Å². The molecule has 4 heteroatoms. The molecular weight excluding hydrogens is 264 g/mol. The summed E-state index contributed by atoms with van der Waals surface area (Å²) in [6.45, 7) is 3.98. The normalized spacial score (nSPS) is 31.8. The smallest absolute Gasteiger partial charge is 0.317 e. The van der Waals surface area contributed by atoms with E-state index in [1.54, 1.807) is 4.90 Å². The molecule has 1 aliphatic heterocycles. The summed E-state index contributed by atoms with van der Waals surface area (Å²) in [4.78, 5) is 13.9. The van der Waals surface area contributed by atoms with Crippen LogP contribution in [0.1, 0.15) is 31.2 Å². The van der Waals surface area contributed by atoms with Crippen LogP contribution in [0, 0.1) is 11.8 Å². The van der Waals surface area contributed by atoms with Gasteiger partial charge < -0.3 is 15.3 Å². The number of nitrogens with zero attached hydrogens (tertiary/aromatic N) is 1. The van der Waals surface area contributed by atoms with Crippen molar-refractivity contribution >= 4 is 6.03 Å². The number of urea groups is 1. The van der Waals surface area contributed by atoms with Gasteiger partial charge in [0.1, 0.15) is 0 Å². The number of likely N-dealkylation sites (tertiary alicyclic amines) is 1. The van der Waals surface area contributed by atoms with E-state index in [1.165, 1.54) is 5.56 Å². The topological polar surface area (TPSA) is 52.6 Å². The molecule has 4 atom stereocenters. The van der Waals surface area contributed by atoms with Gasteiger partial charge in [0, 0.05) is 19.6 Å². The van der Waals surface area contributed by atoms with Gasteiger partial charge in [-0.05, 0) is 36.2 Å². The molecule has 1 aromatic carbocycles. The molecule has 0 radical (unpaired) electrons. The van der Waals surface area contributed by atoms with Gasteiger partial charge in [-0.15, -0.1) is 0 Å². The zero-order valence-corrected chi connectivity index (χ0v) is 12.5. The van der Waals surface area contributed by atoms with E-state index >= 15 is 0 Å². The van der Waals surface area contributed by atoms with E-state index in [4.69, 9.17) is 0 Å². The molecule has 2 amide bonds. The molecule has 2 fully saturated rings. The molecule has 2 N–H and O–H groups in total. The number of aliphatic hydroxyl groups is 1. The maximum atomic E-state index is 12.1. The van der Waals surface area contributed by atoms with Crippen LogP contribution in [-0.4, -0.2) is 41.8 Å². The van der Waals surface area contributed by atoms with Crippen molar-refractivity contribution in [2.45, 2.75) is 31.8 Å². The van der Waals surface area contributed by atoms with Crippen LogP contribution in [0.2, 0.25) is 0 Å². The Morgan fingerprint density at radius 3 is 2.86 bits per heavy atom. The van der Waals surface area contributed by atoms with Crippen molar-refractivity contribution in [3.63, 3.8) is 0 Å². The van der Waals surface area contributed by atoms with E-state index in [0.29, 0.717) is 24.3 Å². The predicted octanol–water partition coefficient (Wildman–Crippen LogP) is 2.20. The largest absolute Gasteiger partial charge is 0.391 e. The van der Waals surface area contributed by atoms with Gasteiger partial charge >= 0.3 is 6.03 Å². The Kier molecular flexibility index (Phi) is 4.15. The maximum absolute atomic E-state index is 12.1. The molecule has 3 rings (SSSR count). The number of piperidine rings is 1. The molecule has 1 aromatic rings. The molecule has 2 aliphatic rings. The SMILES string of the molecule is CC1CCN(C(=O)NCC2CC2c2ccccc2)CC1O. The van der Waals surface area contributed by atoms with Crippen molar-refractivity contribution in [3.8, 4) is 0 Å². The Morgan fingerprint density at radius 2 is 2.14 bits per heavy atom. The highest BCUT2D eigenvalue weighted by Crippen LogP contribution is 2.46. The number of aliphatic hydroxyl groups excluding tert-OH is 1. The summed E-state index contributed by atoms with van der Waals surface area (Å²) >= 11 is 0. The minimum Gasteiger partial charge on any atom is -0.391 e. The minimum absolute atomic E-state index is 0.0281. The monoisotopic (exact) mass is 288 g/mol. The van der Waals surface area contributed by atoms with Crippen molar-refractivity contribution in [1.82, 2.24) is 10.2 Å². The summed E-state index contributed by atoms with van der Waals surface area (Å²) in [7, 11) is 0. The summed E-state index contributed by atoms with van der Waals surface area (Å²) in [5, 5.41) is 12.9. The molecule has 114 valence electrons. The number of carbonyl (C=O) groups excluding carboxylic acids is 1. The molecule has 4 nitrogen and oxygen atoms in total. The third-order valence-electron chi connectivity index (χ3n) is 4.87. The highest BCUT2D eigenvalue weighted by atomic mass is 16.3. The average Bonchev–Trinajstić information content (AvgIpc) is 3.28. The van der Waals surface area contributed by atoms with E-state index < -0.39 is 0 Å².